The van der Waals surface area contributed by atoms with Crippen molar-refractivity contribution in [3.63, 3.8) is 0 Å². The zero-order chi connectivity index (χ0) is 7.82. The van der Waals surface area contributed by atoms with Crippen LogP contribution in [-0.4, -0.2) is 4.37 Å². The number of rotatable bonds is 2. The van der Waals surface area contributed by atoms with Gasteiger partial charge in [-0.25, -0.2) is 4.37 Å². The van der Waals surface area contributed by atoms with Gasteiger partial charge >= 0.3 is 0 Å². The van der Waals surface area contributed by atoms with Crippen LogP contribution in [0.1, 0.15) is 32.1 Å². The van der Waals surface area contributed by atoms with Crippen molar-refractivity contribution in [2.45, 2.75) is 33.6 Å². The van der Waals surface area contributed by atoms with Gasteiger partial charge in [-0.1, -0.05) is 27.2 Å². The summed E-state index contributed by atoms with van der Waals surface area (Å²) in [5.41, 5.74) is 0. The van der Waals surface area contributed by atoms with Crippen LogP contribution in [0.5, 0.6) is 0 Å². The lowest BCUT2D eigenvalue weighted by molar-refractivity contribution is 0.940. The third kappa shape index (κ3) is 3.62. The van der Waals surface area contributed by atoms with E-state index in [1.807, 2.05) is 20.0 Å². The van der Waals surface area contributed by atoms with Crippen LogP contribution < -0.4 is 0 Å². The number of hydrogen-bond acceptors (Lipinski definition) is 2. The molecule has 0 aliphatic carbocycles. The van der Waals surface area contributed by atoms with E-state index < -0.39 is 0 Å². The monoisotopic (exact) mass is 157 g/mol. The molecule has 1 nitrogen and oxygen atoms in total. The average Bonchev–Trinajstić information content (AvgIpc) is 2.46. The fourth-order valence-electron chi connectivity index (χ4n) is 0.617. The summed E-state index contributed by atoms with van der Waals surface area (Å²) in [6, 6.07) is 2.08. The summed E-state index contributed by atoms with van der Waals surface area (Å²) in [6.45, 7) is 6.18. The first-order valence-electron chi connectivity index (χ1n) is 3.83. The van der Waals surface area contributed by atoms with Crippen LogP contribution in [0.25, 0.3) is 0 Å². The molecule has 2 heteroatoms. The first kappa shape index (κ1) is 9.63. The Morgan fingerprint density at radius 3 is 2.60 bits per heavy atom. The number of hydrogen-bond donors (Lipinski definition) is 0. The Morgan fingerprint density at radius 1 is 1.50 bits per heavy atom. The normalized spacial score (nSPS) is 8.30. The molecule has 0 unspecified atom stereocenters. The molecule has 0 N–H and O–H groups in total. The van der Waals surface area contributed by atoms with Crippen LogP contribution >= 0.6 is 11.5 Å². The molecule has 0 amide bonds. The van der Waals surface area contributed by atoms with E-state index in [4.69, 9.17) is 0 Å². The highest BCUT2D eigenvalue weighted by molar-refractivity contribution is 7.05. The summed E-state index contributed by atoms with van der Waals surface area (Å²) in [6.07, 6.45) is 4.27. The zero-order valence-corrected chi connectivity index (χ0v) is 7.74. The largest absolute Gasteiger partial charge is 0.201 e. The van der Waals surface area contributed by atoms with Gasteiger partial charge in [0.1, 0.15) is 0 Å². The molecule has 0 aliphatic heterocycles. The van der Waals surface area contributed by atoms with Crippen molar-refractivity contribution >= 4 is 11.5 Å². The van der Waals surface area contributed by atoms with E-state index in [9.17, 15) is 0 Å². The molecule has 1 aromatic heterocycles. The molecule has 10 heavy (non-hydrogen) atoms. The van der Waals surface area contributed by atoms with Gasteiger partial charge in [0.2, 0.25) is 0 Å². The minimum atomic E-state index is 1.19. The molecule has 1 heterocycles. The molecule has 0 fully saturated rings. The predicted octanol–water partition coefficient (Wildman–Crippen LogP) is 3.12. The molecule has 0 saturated carbocycles. The second-order valence-electron chi connectivity index (χ2n) is 1.73. The zero-order valence-electron chi connectivity index (χ0n) is 6.92. The maximum atomic E-state index is 3.98. The molecule has 0 saturated heterocycles. The Balaban J connectivity index is 0.000000371. The van der Waals surface area contributed by atoms with Crippen molar-refractivity contribution < 1.29 is 0 Å². The molecule has 0 aliphatic rings. The first-order chi connectivity index (χ1) is 4.93. The summed E-state index contributed by atoms with van der Waals surface area (Å²) in [5, 5.41) is 0. The molecule has 0 radical (unpaired) electrons. The fourth-order valence-corrected chi connectivity index (χ4v) is 1.29. The Morgan fingerprint density at radius 2 is 2.20 bits per heavy atom. The maximum Gasteiger partial charge on any atom is 0.0409 e. The standard InChI is InChI=1S/C6H9NS.C2H6/c1-2-3-6-4-5-7-8-6;1-2/h4-5H,2-3H2,1H3;1-2H3. The SMILES string of the molecule is CC.CCCc1ccns1. The summed E-state index contributed by atoms with van der Waals surface area (Å²) in [7, 11) is 0. The third-order valence-electron chi connectivity index (χ3n) is 0.988. The minimum Gasteiger partial charge on any atom is -0.201 e. The van der Waals surface area contributed by atoms with Gasteiger partial charge in [0.05, 0.1) is 0 Å². The highest BCUT2D eigenvalue weighted by Crippen LogP contribution is 2.05. The van der Waals surface area contributed by atoms with Crippen LogP contribution in [0, 0.1) is 0 Å². The number of aromatic nitrogens is 1. The van der Waals surface area contributed by atoms with Gasteiger partial charge in [0.25, 0.3) is 0 Å². The highest BCUT2D eigenvalue weighted by atomic mass is 32.1. The number of nitrogens with zero attached hydrogens (tertiary/aromatic N) is 1. The van der Waals surface area contributed by atoms with E-state index in [1.54, 1.807) is 11.5 Å². The molecular weight excluding hydrogens is 142 g/mol. The van der Waals surface area contributed by atoms with E-state index in [0.29, 0.717) is 0 Å². The van der Waals surface area contributed by atoms with Crippen LogP contribution in [-0.2, 0) is 6.42 Å². The molecular formula is C8H15NS. The Hall–Kier alpha value is -0.370. The topological polar surface area (TPSA) is 12.9 Å². The summed E-state index contributed by atoms with van der Waals surface area (Å²) < 4.78 is 3.98. The van der Waals surface area contributed by atoms with Crippen molar-refractivity contribution in [2.75, 3.05) is 0 Å². The summed E-state index contributed by atoms with van der Waals surface area (Å²) in [4.78, 5) is 1.40. The fraction of sp³-hybridized carbons (Fsp3) is 0.625. The minimum absolute atomic E-state index is 1.19. The lowest BCUT2D eigenvalue weighted by Crippen LogP contribution is -1.71. The van der Waals surface area contributed by atoms with Gasteiger partial charge in [0, 0.05) is 11.1 Å². The lowest BCUT2D eigenvalue weighted by atomic mass is 10.3. The van der Waals surface area contributed by atoms with Gasteiger partial charge < -0.3 is 0 Å². The van der Waals surface area contributed by atoms with Crippen molar-refractivity contribution in [3.8, 4) is 0 Å². The molecule has 0 spiro atoms. The van der Waals surface area contributed by atoms with Gasteiger partial charge in [-0.15, -0.1) is 0 Å². The van der Waals surface area contributed by atoms with Gasteiger partial charge in [0.15, 0.2) is 0 Å². The molecule has 0 atom stereocenters. The maximum absolute atomic E-state index is 3.98. The van der Waals surface area contributed by atoms with Gasteiger partial charge in [-0.3, -0.25) is 0 Å². The van der Waals surface area contributed by atoms with Crippen molar-refractivity contribution in [2.24, 2.45) is 0 Å². The quantitative estimate of drug-likeness (QED) is 0.642. The van der Waals surface area contributed by atoms with Crippen molar-refractivity contribution in [3.05, 3.63) is 17.1 Å². The van der Waals surface area contributed by atoms with Crippen molar-refractivity contribution in [1.82, 2.24) is 4.37 Å². The Kier molecular flexibility index (Phi) is 6.50. The van der Waals surface area contributed by atoms with Crippen LogP contribution in [0.2, 0.25) is 0 Å². The summed E-state index contributed by atoms with van der Waals surface area (Å²) in [5.74, 6) is 0. The first-order valence-corrected chi connectivity index (χ1v) is 4.60. The number of aryl methyl sites for hydroxylation is 1. The van der Waals surface area contributed by atoms with E-state index in [1.165, 1.54) is 17.7 Å². The van der Waals surface area contributed by atoms with Crippen LogP contribution in [0.15, 0.2) is 12.3 Å². The lowest BCUT2D eigenvalue weighted by Gasteiger charge is -1.84. The molecule has 58 valence electrons. The smallest absolute Gasteiger partial charge is 0.0409 e. The predicted molar refractivity (Wildman–Crippen MR) is 47.5 cm³/mol. The Bertz CT molecular complexity index is 135. The Labute approximate surface area is 67.3 Å². The van der Waals surface area contributed by atoms with Gasteiger partial charge in [-0.05, 0) is 24.0 Å². The highest BCUT2D eigenvalue weighted by Gasteiger charge is 1.88. The van der Waals surface area contributed by atoms with Gasteiger partial charge in [-0.2, -0.15) is 0 Å². The molecule has 1 aromatic rings. The molecule has 1 rings (SSSR count). The molecule has 0 bridgehead atoms. The molecule has 0 aromatic carbocycles. The van der Waals surface area contributed by atoms with Crippen LogP contribution in [0.3, 0.4) is 0 Å². The van der Waals surface area contributed by atoms with E-state index in [0.717, 1.165) is 0 Å². The third-order valence-corrected chi connectivity index (χ3v) is 1.79. The van der Waals surface area contributed by atoms with E-state index in [2.05, 4.69) is 17.4 Å². The van der Waals surface area contributed by atoms with E-state index >= 15 is 0 Å². The second-order valence-corrected chi connectivity index (χ2v) is 2.65. The second kappa shape index (κ2) is 6.75. The van der Waals surface area contributed by atoms with E-state index in [-0.39, 0.29) is 0 Å². The average molecular weight is 157 g/mol. The van der Waals surface area contributed by atoms with Crippen molar-refractivity contribution in [1.29, 1.82) is 0 Å². The van der Waals surface area contributed by atoms with Crippen LogP contribution in [0.4, 0.5) is 0 Å². The summed E-state index contributed by atoms with van der Waals surface area (Å²) >= 11 is 1.60.